The minimum Gasteiger partial charge on any atom is -0.497 e. The SMILES string of the molecule is COc1ccc(OC)c(-c2csc(NC(=O)CCCSc3ccc(C)cc3)n2)c1. The largest absolute Gasteiger partial charge is 0.497 e. The molecule has 0 spiro atoms. The molecule has 0 aliphatic carbocycles. The summed E-state index contributed by atoms with van der Waals surface area (Å²) in [6.45, 7) is 2.08. The second-order valence-electron chi connectivity index (χ2n) is 6.42. The molecule has 0 atom stereocenters. The average Bonchev–Trinajstić information content (AvgIpc) is 3.20. The molecule has 2 aromatic carbocycles. The van der Waals surface area contributed by atoms with E-state index >= 15 is 0 Å². The Kier molecular flexibility index (Phi) is 7.55. The van der Waals surface area contributed by atoms with Gasteiger partial charge < -0.3 is 14.8 Å². The molecule has 0 radical (unpaired) electrons. The number of hydrogen-bond acceptors (Lipinski definition) is 6. The van der Waals surface area contributed by atoms with Gasteiger partial charge in [-0.1, -0.05) is 17.7 Å². The fourth-order valence-corrected chi connectivity index (χ4v) is 4.29. The van der Waals surface area contributed by atoms with Gasteiger partial charge >= 0.3 is 0 Å². The molecule has 1 heterocycles. The first kappa shape index (κ1) is 21.2. The summed E-state index contributed by atoms with van der Waals surface area (Å²) in [5.74, 6) is 2.32. The van der Waals surface area contributed by atoms with Crippen molar-refractivity contribution < 1.29 is 14.3 Å². The topological polar surface area (TPSA) is 60.5 Å². The minimum absolute atomic E-state index is 0.0204. The van der Waals surface area contributed by atoms with Crippen molar-refractivity contribution in [1.29, 1.82) is 0 Å². The zero-order chi connectivity index (χ0) is 20.6. The van der Waals surface area contributed by atoms with Crippen molar-refractivity contribution in [3.8, 4) is 22.8 Å². The number of amides is 1. The Morgan fingerprint density at radius 2 is 1.93 bits per heavy atom. The van der Waals surface area contributed by atoms with Gasteiger partial charge in [0.1, 0.15) is 11.5 Å². The van der Waals surface area contributed by atoms with Crippen LogP contribution in [0.1, 0.15) is 18.4 Å². The maximum Gasteiger partial charge on any atom is 0.226 e. The summed E-state index contributed by atoms with van der Waals surface area (Å²) >= 11 is 3.17. The highest BCUT2D eigenvalue weighted by Gasteiger charge is 2.13. The van der Waals surface area contributed by atoms with Crippen LogP contribution in [0.3, 0.4) is 0 Å². The van der Waals surface area contributed by atoms with Gasteiger partial charge in [0.15, 0.2) is 5.13 Å². The number of benzene rings is 2. The monoisotopic (exact) mass is 428 g/mol. The zero-order valence-corrected chi connectivity index (χ0v) is 18.4. The molecular weight excluding hydrogens is 404 g/mol. The predicted octanol–water partition coefficient (Wildman–Crippen LogP) is 5.65. The van der Waals surface area contributed by atoms with Gasteiger partial charge in [0.25, 0.3) is 0 Å². The van der Waals surface area contributed by atoms with Gasteiger partial charge in [0.2, 0.25) is 5.91 Å². The van der Waals surface area contributed by atoms with E-state index < -0.39 is 0 Å². The van der Waals surface area contributed by atoms with Crippen molar-refractivity contribution in [2.75, 3.05) is 25.3 Å². The lowest BCUT2D eigenvalue weighted by Crippen LogP contribution is -2.11. The van der Waals surface area contributed by atoms with Crippen LogP contribution in [0.5, 0.6) is 11.5 Å². The Morgan fingerprint density at radius 3 is 2.66 bits per heavy atom. The number of ether oxygens (including phenoxy) is 2. The van der Waals surface area contributed by atoms with Crippen molar-refractivity contribution in [3.63, 3.8) is 0 Å². The Morgan fingerprint density at radius 1 is 1.14 bits per heavy atom. The second kappa shape index (κ2) is 10.3. The van der Waals surface area contributed by atoms with E-state index in [1.54, 1.807) is 26.0 Å². The molecule has 0 saturated carbocycles. The van der Waals surface area contributed by atoms with E-state index in [2.05, 4.69) is 41.5 Å². The van der Waals surface area contributed by atoms with Crippen molar-refractivity contribution in [2.45, 2.75) is 24.7 Å². The number of carbonyl (C=O) groups is 1. The number of aromatic nitrogens is 1. The molecule has 5 nitrogen and oxygen atoms in total. The van der Waals surface area contributed by atoms with Crippen LogP contribution in [-0.4, -0.2) is 30.9 Å². The van der Waals surface area contributed by atoms with Crippen LogP contribution in [0.2, 0.25) is 0 Å². The quantitative estimate of drug-likeness (QED) is 0.353. The smallest absolute Gasteiger partial charge is 0.226 e. The van der Waals surface area contributed by atoms with E-state index in [0.29, 0.717) is 17.3 Å². The molecule has 1 aromatic heterocycles. The van der Waals surface area contributed by atoms with Crippen LogP contribution >= 0.6 is 23.1 Å². The van der Waals surface area contributed by atoms with Crippen molar-refractivity contribution >= 4 is 34.1 Å². The van der Waals surface area contributed by atoms with Crippen molar-refractivity contribution in [1.82, 2.24) is 4.98 Å². The number of thiazole rings is 1. The number of anilines is 1. The standard InChI is InChI=1S/C22H24N2O3S2/c1-15-6-9-17(10-7-15)28-12-4-5-21(25)24-22-23-19(14-29-22)18-13-16(26-2)8-11-20(18)27-3/h6-11,13-14H,4-5,12H2,1-3H3,(H,23,24,25). The lowest BCUT2D eigenvalue weighted by atomic mass is 10.1. The summed E-state index contributed by atoms with van der Waals surface area (Å²) in [7, 11) is 3.24. The average molecular weight is 429 g/mol. The first-order valence-corrected chi connectivity index (χ1v) is 11.1. The van der Waals surface area contributed by atoms with Crippen LogP contribution in [-0.2, 0) is 4.79 Å². The van der Waals surface area contributed by atoms with Gasteiger partial charge in [-0.2, -0.15) is 0 Å². The molecule has 152 valence electrons. The fourth-order valence-electron chi connectivity index (χ4n) is 2.71. The molecule has 0 unspecified atom stereocenters. The lowest BCUT2D eigenvalue weighted by molar-refractivity contribution is -0.116. The Balaban J connectivity index is 1.52. The molecule has 0 bridgehead atoms. The summed E-state index contributed by atoms with van der Waals surface area (Å²) in [6.07, 6.45) is 1.28. The number of methoxy groups -OCH3 is 2. The molecule has 3 rings (SSSR count). The number of aryl methyl sites for hydroxylation is 1. The van der Waals surface area contributed by atoms with Crippen LogP contribution in [0.25, 0.3) is 11.3 Å². The number of nitrogens with zero attached hydrogens (tertiary/aromatic N) is 1. The molecule has 0 saturated heterocycles. The summed E-state index contributed by atoms with van der Waals surface area (Å²) < 4.78 is 10.7. The number of rotatable bonds is 9. The molecular formula is C22H24N2O3S2. The third kappa shape index (κ3) is 5.98. The maximum absolute atomic E-state index is 12.2. The molecule has 7 heteroatoms. The Labute approximate surface area is 179 Å². The highest BCUT2D eigenvalue weighted by atomic mass is 32.2. The molecule has 0 aliphatic rings. The minimum atomic E-state index is -0.0204. The number of carbonyl (C=O) groups excluding carboxylic acids is 1. The van der Waals surface area contributed by atoms with Gasteiger partial charge in [-0.15, -0.1) is 23.1 Å². The predicted molar refractivity (Wildman–Crippen MR) is 120 cm³/mol. The summed E-state index contributed by atoms with van der Waals surface area (Å²) in [4.78, 5) is 18.0. The first-order valence-electron chi connectivity index (χ1n) is 9.26. The van der Waals surface area contributed by atoms with E-state index in [9.17, 15) is 4.79 Å². The summed E-state index contributed by atoms with van der Waals surface area (Å²) in [5.41, 5.74) is 2.83. The van der Waals surface area contributed by atoms with Gasteiger partial charge in [-0.25, -0.2) is 4.98 Å². The van der Waals surface area contributed by atoms with Crippen LogP contribution < -0.4 is 14.8 Å². The van der Waals surface area contributed by atoms with E-state index in [0.717, 1.165) is 29.2 Å². The van der Waals surface area contributed by atoms with E-state index in [1.165, 1.54) is 21.8 Å². The third-order valence-electron chi connectivity index (χ3n) is 4.27. The second-order valence-corrected chi connectivity index (χ2v) is 8.44. The normalized spacial score (nSPS) is 10.6. The summed E-state index contributed by atoms with van der Waals surface area (Å²) in [6, 6.07) is 14.0. The number of thioether (sulfide) groups is 1. The van der Waals surface area contributed by atoms with Gasteiger partial charge in [0.05, 0.1) is 19.9 Å². The van der Waals surface area contributed by atoms with Gasteiger partial charge in [-0.05, 0) is 49.4 Å². The lowest BCUT2D eigenvalue weighted by Gasteiger charge is -2.08. The first-order chi connectivity index (χ1) is 14.1. The molecule has 1 amide bonds. The Hall–Kier alpha value is -2.51. The van der Waals surface area contributed by atoms with Crippen molar-refractivity contribution in [2.24, 2.45) is 0 Å². The number of nitrogens with one attached hydrogen (secondary N) is 1. The van der Waals surface area contributed by atoms with E-state index in [4.69, 9.17) is 9.47 Å². The Bertz CT molecular complexity index is 955. The molecule has 0 aliphatic heterocycles. The maximum atomic E-state index is 12.2. The van der Waals surface area contributed by atoms with Crippen molar-refractivity contribution in [3.05, 3.63) is 53.4 Å². The van der Waals surface area contributed by atoms with Crippen LogP contribution in [0.15, 0.2) is 52.7 Å². The highest BCUT2D eigenvalue weighted by Crippen LogP contribution is 2.35. The van der Waals surface area contributed by atoms with E-state index in [-0.39, 0.29) is 5.91 Å². The molecule has 3 aromatic rings. The summed E-state index contributed by atoms with van der Waals surface area (Å²) in [5, 5.41) is 5.38. The van der Waals surface area contributed by atoms with Crippen LogP contribution in [0.4, 0.5) is 5.13 Å². The highest BCUT2D eigenvalue weighted by molar-refractivity contribution is 7.99. The zero-order valence-electron chi connectivity index (χ0n) is 16.7. The third-order valence-corrected chi connectivity index (χ3v) is 6.13. The fraction of sp³-hybridized carbons (Fsp3) is 0.273. The van der Waals surface area contributed by atoms with Crippen LogP contribution in [0, 0.1) is 6.92 Å². The molecule has 1 N–H and O–H groups in total. The van der Waals surface area contributed by atoms with Gasteiger partial charge in [0, 0.05) is 22.3 Å². The van der Waals surface area contributed by atoms with Gasteiger partial charge in [-0.3, -0.25) is 4.79 Å². The molecule has 0 fully saturated rings. The van der Waals surface area contributed by atoms with E-state index in [1.807, 2.05) is 23.6 Å². The molecule has 29 heavy (non-hydrogen) atoms. The number of hydrogen-bond donors (Lipinski definition) is 1.